The Labute approximate surface area is 129 Å². The number of fused-ring (bicyclic) bond motifs is 1. The Hall–Kier alpha value is -2.81. The van der Waals surface area contributed by atoms with Crippen molar-refractivity contribution in [2.75, 3.05) is 32.5 Å². The van der Waals surface area contributed by atoms with Crippen molar-refractivity contribution in [1.29, 1.82) is 5.26 Å². The summed E-state index contributed by atoms with van der Waals surface area (Å²) in [6.07, 6.45) is 0. The summed E-state index contributed by atoms with van der Waals surface area (Å²) in [4.78, 5) is 17.4. The van der Waals surface area contributed by atoms with E-state index in [9.17, 15) is 10.1 Å². The molecule has 2 aromatic rings. The maximum Gasteiger partial charge on any atom is 0.316 e. The van der Waals surface area contributed by atoms with Gasteiger partial charge >= 0.3 is 6.03 Å². The number of amides is 2. The molecule has 0 spiro atoms. The zero-order valence-corrected chi connectivity index (χ0v) is 13.0. The fourth-order valence-electron chi connectivity index (χ4n) is 2.02. The molecular formula is C16H19N5O. The van der Waals surface area contributed by atoms with E-state index in [4.69, 9.17) is 0 Å². The zero-order valence-electron chi connectivity index (χ0n) is 13.0. The predicted molar refractivity (Wildman–Crippen MR) is 86.8 cm³/mol. The Morgan fingerprint density at radius 1 is 1.32 bits per heavy atom. The number of aromatic nitrogens is 1. The van der Waals surface area contributed by atoms with Gasteiger partial charge in [-0.3, -0.25) is 0 Å². The third-order valence-corrected chi connectivity index (χ3v) is 3.19. The molecule has 0 saturated heterocycles. The lowest BCUT2D eigenvalue weighted by atomic mass is 10.1. The number of rotatable bonds is 4. The van der Waals surface area contributed by atoms with E-state index in [1.54, 1.807) is 14.1 Å². The predicted octanol–water partition coefficient (Wildman–Crippen LogP) is 2.10. The summed E-state index contributed by atoms with van der Waals surface area (Å²) in [7, 11) is 3.37. The number of pyridine rings is 1. The van der Waals surface area contributed by atoms with Crippen LogP contribution in [0.3, 0.4) is 0 Å². The number of aryl methyl sites for hydroxylation is 1. The molecule has 0 aliphatic rings. The molecule has 114 valence electrons. The fourth-order valence-corrected chi connectivity index (χ4v) is 2.02. The molecule has 6 nitrogen and oxygen atoms in total. The van der Waals surface area contributed by atoms with E-state index >= 15 is 0 Å². The molecule has 0 aliphatic heterocycles. The first kappa shape index (κ1) is 15.6. The smallest absolute Gasteiger partial charge is 0.316 e. The topological polar surface area (TPSA) is 81.1 Å². The average Bonchev–Trinajstić information content (AvgIpc) is 2.50. The van der Waals surface area contributed by atoms with Gasteiger partial charge in [0.15, 0.2) is 0 Å². The summed E-state index contributed by atoms with van der Waals surface area (Å²) in [5.41, 5.74) is 2.46. The highest BCUT2D eigenvalue weighted by molar-refractivity contribution is 5.83. The molecule has 1 aromatic heterocycles. The molecule has 1 heterocycles. The van der Waals surface area contributed by atoms with Gasteiger partial charge in [0.25, 0.3) is 0 Å². The molecule has 2 amide bonds. The second kappa shape index (κ2) is 6.76. The van der Waals surface area contributed by atoms with E-state index < -0.39 is 0 Å². The van der Waals surface area contributed by atoms with E-state index in [1.165, 1.54) is 4.90 Å². The van der Waals surface area contributed by atoms with E-state index in [-0.39, 0.29) is 6.03 Å². The quantitative estimate of drug-likeness (QED) is 0.847. The minimum atomic E-state index is -0.149. The highest BCUT2D eigenvalue weighted by atomic mass is 16.2. The van der Waals surface area contributed by atoms with Crippen molar-refractivity contribution >= 4 is 22.8 Å². The summed E-state index contributed by atoms with van der Waals surface area (Å²) in [5, 5.41) is 16.1. The maximum atomic E-state index is 11.4. The van der Waals surface area contributed by atoms with E-state index in [0.29, 0.717) is 24.5 Å². The first-order valence-corrected chi connectivity index (χ1v) is 7.02. The van der Waals surface area contributed by atoms with Crippen molar-refractivity contribution in [1.82, 2.24) is 15.2 Å². The van der Waals surface area contributed by atoms with Crippen LogP contribution >= 0.6 is 0 Å². The number of carbonyl (C=O) groups excluding carboxylic acids is 1. The molecule has 0 atom stereocenters. The summed E-state index contributed by atoms with van der Waals surface area (Å²) in [5.74, 6) is 0.540. The maximum absolute atomic E-state index is 11.4. The Morgan fingerprint density at radius 2 is 2.09 bits per heavy atom. The number of urea groups is 1. The van der Waals surface area contributed by atoms with E-state index in [1.807, 2.05) is 31.2 Å². The van der Waals surface area contributed by atoms with Crippen molar-refractivity contribution in [2.24, 2.45) is 0 Å². The van der Waals surface area contributed by atoms with Crippen LogP contribution in [-0.4, -0.2) is 43.1 Å². The largest absolute Gasteiger partial charge is 0.367 e. The second-order valence-corrected chi connectivity index (χ2v) is 5.25. The average molecular weight is 297 g/mol. The van der Waals surface area contributed by atoms with Crippen molar-refractivity contribution in [3.63, 3.8) is 0 Å². The van der Waals surface area contributed by atoms with Crippen LogP contribution in [0.2, 0.25) is 0 Å². The molecule has 22 heavy (non-hydrogen) atoms. The van der Waals surface area contributed by atoms with Crippen LogP contribution in [0, 0.1) is 18.3 Å². The molecule has 0 fully saturated rings. The van der Waals surface area contributed by atoms with Gasteiger partial charge in [-0.2, -0.15) is 5.26 Å². The fraction of sp³-hybridized carbons (Fsp3) is 0.312. The zero-order chi connectivity index (χ0) is 16.1. The van der Waals surface area contributed by atoms with Crippen LogP contribution in [-0.2, 0) is 0 Å². The number of hydrogen-bond donors (Lipinski definition) is 2. The number of anilines is 1. The number of nitrogens with zero attached hydrogens (tertiary/aromatic N) is 3. The summed E-state index contributed by atoms with van der Waals surface area (Å²) < 4.78 is 0. The molecule has 0 bridgehead atoms. The van der Waals surface area contributed by atoms with Crippen molar-refractivity contribution in [3.8, 4) is 6.07 Å². The number of nitriles is 1. The monoisotopic (exact) mass is 297 g/mol. The minimum Gasteiger partial charge on any atom is -0.367 e. The van der Waals surface area contributed by atoms with Crippen LogP contribution < -0.4 is 10.6 Å². The van der Waals surface area contributed by atoms with E-state index in [0.717, 1.165) is 16.5 Å². The van der Waals surface area contributed by atoms with Gasteiger partial charge in [-0.25, -0.2) is 9.78 Å². The van der Waals surface area contributed by atoms with E-state index in [2.05, 4.69) is 21.7 Å². The van der Waals surface area contributed by atoms with Gasteiger partial charge < -0.3 is 15.5 Å². The first-order valence-electron chi connectivity index (χ1n) is 7.02. The highest BCUT2D eigenvalue weighted by Gasteiger charge is 2.07. The molecule has 0 aliphatic carbocycles. The van der Waals surface area contributed by atoms with Gasteiger partial charge in [-0.15, -0.1) is 0 Å². The van der Waals surface area contributed by atoms with Gasteiger partial charge in [0.1, 0.15) is 11.9 Å². The third-order valence-electron chi connectivity index (χ3n) is 3.19. The Balaban J connectivity index is 2.09. The lowest BCUT2D eigenvalue weighted by molar-refractivity contribution is 0.218. The van der Waals surface area contributed by atoms with Crippen LogP contribution in [0.1, 0.15) is 11.1 Å². The molecule has 0 saturated carbocycles. The van der Waals surface area contributed by atoms with Crippen LogP contribution in [0.5, 0.6) is 0 Å². The van der Waals surface area contributed by atoms with Gasteiger partial charge in [0, 0.05) is 32.6 Å². The number of benzene rings is 1. The van der Waals surface area contributed by atoms with Gasteiger partial charge in [0.2, 0.25) is 0 Å². The van der Waals surface area contributed by atoms with Gasteiger partial charge in [-0.1, -0.05) is 11.6 Å². The van der Waals surface area contributed by atoms with Crippen molar-refractivity contribution < 1.29 is 4.79 Å². The Kier molecular flexibility index (Phi) is 4.79. The second-order valence-electron chi connectivity index (χ2n) is 5.25. The molecule has 6 heteroatoms. The minimum absolute atomic E-state index is 0.149. The van der Waals surface area contributed by atoms with Crippen LogP contribution in [0.15, 0.2) is 24.3 Å². The number of hydrogen-bond acceptors (Lipinski definition) is 4. The van der Waals surface area contributed by atoms with Crippen molar-refractivity contribution in [3.05, 3.63) is 35.4 Å². The van der Waals surface area contributed by atoms with Crippen LogP contribution in [0.4, 0.5) is 10.6 Å². The Morgan fingerprint density at radius 3 is 2.77 bits per heavy atom. The summed E-state index contributed by atoms with van der Waals surface area (Å²) in [6.45, 7) is 2.96. The SMILES string of the molecule is Cc1ccc2nc(NCCNC(=O)N(C)C)c(C#N)cc2c1. The molecule has 0 radical (unpaired) electrons. The molecular weight excluding hydrogens is 278 g/mol. The lowest BCUT2D eigenvalue weighted by Gasteiger charge is -2.13. The van der Waals surface area contributed by atoms with Gasteiger partial charge in [-0.05, 0) is 25.1 Å². The standard InChI is InChI=1S/C16H19N5O/c1-11-4-5-14-12(8-11)9-13(10-17)15(20-14)18-6-7-19-16(22)21(2)3/h4-5,8-9H,6-7H2,1-3H3,(H,18,20)(H,19,22). The molecule has 1 aromatic carbocycles. The third kappa shape index (κ3) is 3.64. The normalized spacial score (nSPS) is 10.1. The van der Waals surface area contributed by atoms with Gasteiger partial charge in [0.05, 0.1) is 11.1 Å². The number of nitrogens with one attached hydrogen (secondary N) is 2. The summed E-state index contributed by atoms with van der Waals surface area (Å²) in [6, 6.07) is 9.76. The summed E-state index contributed by atoms with van der Waals surface area (Å²) >= 11 is 0. The Bertz CT molecular complexity index is 733. The molecule has 2 rings (SSSR count). The van der Waals surface area contributed by atoms with Crippen molar-refractivity contribution in [2.45, 2.75) is 6.92 Å². The van der Waals surface area contributed by atoms with Crippen LogP contribution in [0.25, 0.3) is 10.9 Å². The molecule has 0 unspecified atom stereocenters. The highest BCUT2D eigenvalue weighted by Crippen LogP contribution is 2.20. The molecule has 2 N–H and O–H groups in total. The first-order chi connectivity index (χ1) is 10.5. The lowest BCUT2D eigenvalue weighted by Crippen LogP contribution is -2.37. The number of carbonyl (C=O) groups is 1.